The van der Waals surface area contributed by atoms with Gasteiger partial charge in [-0.1, -0.05) is 19.1 Å². The van der Waals surface area contributed by atoms with E-state index in [-0.39, 0.29) is 17.9 Å². The van der Waals surface area contributed by atoms with Crippen LogP contribution >= 0.6 is 11.3 Å². The van der Waals surface area contributed by atoms with E-state index in [1.54, 1.807) is 23.5 Å². The normalized spacial score (nSPS) is 11.8. The molecular formula is C19H24N2O2S. The summed E-state index contributed by atoms with van der Waals surface area (Å²) in [4.78, 5) is 23.9. The van der Waals surface area contributed by atoms with Gasteiger partial charge in [0, 0.05) is 24.6 Å². The minimum Gasteiger partial charge on any atom is -0.352 e. The maximum absolute atomic E-state index is 12.0. The number of rotatable bonds is 8. The maximum Gasteiger partial charge on any atom is 0.251 e. The lowest BCUT2D eigenvalue weighted by molar-refractivity contribution is -0.121. The monoisotopic (exact) mass is 344 g/mol. The smallest absolute Gasteiger partial charge is 0.251 e. The van der Waals surface area contributed by atoms with Crippen molar-refractivity contribution in [1.82, 2.24) is 10.6 Å². The van der Waals surface area contributed by atoms with Gasteiger partial charge in [0.15, 0.2) is 0 Å². The van der Waals surface area contributed by atoms with Gasteiger partial charge in [-0.3, -0.25) is 9.59 Å². The van der Waals surface area contributed by atoms with Crippen molar-refractivity contribution >= 4 is 23.2 Å². The van der Waals surface area contributed by atoms with Gasteiger partial charge in [-0.05, 0) is 59.9 Å². The Morgan fingerprint density at radius 3 is 2.50 bits per heavy atom. The summed E-state index contributed by atoms with van der Waals surface area (Å²) >= 11 is 1.65. The number of carbonyl (C=O) groups is 2. The van der Waals surface area contributed by atoms with Crippen molar-refractivity contribution in [1.29, 1.82) is 0 Å². The highest BCUT2D eigenvalue weighted by Gasteiger charge is 2.08. The Kier molecular flexibility index (Phi) is 7.00. The average Bonchev–Trinajstić information content (AvgIpc) is 3.12. The van der Waals surface area contributed by atoms with Gasteiger partial charge in [-0.2, -0.15) is 11.3 Å². The van der Waals surface area contributed by atoms with Crippen LogP contribution in [-0.4, -0.2) is 17.9 Å². The first-order chi connectivity index (χ1) is 11.6. The van der Waals surface area contributed by atoms with Gasteiger partial charge in [0.1, 0.15) is 0 Å². The van der Waals surface area contributed by atoms with Crippen LogP contribution < -0.4 is 10.6 Å². The van der Waals surface area contributed by atoms with Crippen molar-refractivity contribution in [3.63, 3.8) is 0 Å². The lowest BCUT2D eigenvalue weighted by atomic mass is 10.1. The van der Waals surface area contributed by atoms with Crippen molar-refractivity contribution in [2.45, 2.75) is 45.7 Å². The fourth-order valence-corrected chi connectivity index (χ4v) is 2.87. The average molecular weight is 344 g/mol. The molecule has 2 rings (SSSR count). The van der Waals surface area contributed by atoms with E-state index < -0.39 is 0 Å². The third-order valence-electron chi connectivity index (χ3n) is 3.92. The Labute approximate surface area is 147 Å². The van der Waals surface area contributed by atoms with Gasteiger partial charge >= 0.3 is 0 Å². The van der Waals surface area contributed by atoms with E-state index in [1.807, 2.05) is 37.4 Å². The lowest BCUT2D eigenvalue weighted by Crippen LogP contribution is -2.31. The second kappa shape index (κ2) is 9.23. The molecule has 2 aromatic rings. The molecule has 0 unspecified atom stereocenters. The molecule has 2 N–H and O–H groups in total. The number of nitrogens with one attached hydrogen (secondary N) is 2. The zero-order valence-corrected chi connectivity index (χ0v) is 15.0. The Morgan fingerprint density at radius 1 is 1.12 bits per heavy atom. The molecule has 0 radical (unpaired) electrons. The highest BCUT2D eigenvalue weighted by Crippen LogP contribution is 2.09. The fourth-order valence-electron chi connectivity index (χ4n) is 2.16. The van der Waals surface area contributed by atoms with E-state index in [9.17, 15) is 9.59 Å². The van der Waals surface area contributed by atoms with E-state index in [1.165, 1.54) is 5.56 Å². The topological polar surface area (TPSA) is 58.2 Å². The molecule has 4 nitrogen and oxygen atoms in total. The van der Waals surface area contributed by atoms with Crippen LogP contribution in [0.3, 0.4) is 0 Å². The van der Waals surface area contributed by atoms with Crippen molar-refractivity contribution in [3.8, 4) is 0 Å². The van der Waals surface area contributed by atoms with Gasteiger partial charge in [-0.25, -0.2) is 0 Å². The standard InChI is InChI=1S/C19H24N2O2S/c1-3-14(2)21-19(23)17-7-4-15(5-8-17)12-20-18(22)9-6-16-10-11-24-13-16/h4-5,7-8,10-11,13-14H,3,6,9,12H2,1-2H3,(H,20,22)(H,21,23)/t14-/m0/s1. The SMILES string of the molecule is CC[C@H](C)NC(=O)c1ccc(CNC(=O)CCc2ccsc2)cc1. The summed E-state index contributed by atoms with van der Waals surface area (Å²) in [5.74, 6) is -0.0181. The summed E-state index contributed by atoms with van der Waals surface area (Å²) in [5, 5.41) is 9.94. The molecule has 0 bridgehead atoms. The summed E-state index contributed by atoms with van der Waals surface area (Å²) in [6, 6.07) is 9.56. The van der Waals surface area contributed by atoms with Crippen LogP contribution in [0, 0.1) is 0 Å². The first kappa shape index (κ1) is 18.2. The van der Waals surface area contributed by atoms with Crippen molar-refractivity contribution < 1.29 is 9.59 Å². The molecule has 1 aromatic carbocycles. The number of carbonyl (C=O) groups excluding carboxylic acids is 2. The summed E-state index contributed by atoms with van der Waals surface area (Å²) in [5.41, 5.74) is 2.83. The highest BCUT2D eigenvalue weighted by molar-refractivity contribution is 7.07. The van der Waals surface area contributed by atoms with Gasteiger partial charge in [0.25, 0.3) is 5.91 Å². The Bertz CT molecular complexity index is 651. The van der Waals surface area contributed by atoms with Gasteiger partial charge in [0.05, 0.1) is 0 Å². The van der Waals surface area contributed by atoms with Gasteiger partial charge < -0.3 is 10.6 Å². The van der Waals surface area contributed by atoms with E-state index in [0.717, 1.165) is 18.4 Å². The van der Waals surface area contributed by atoms with E-state index >= 15 is 0 Å². The zero-order chi connectivity index (χ0) is 17.4. The second-order valence-corrected chi connectivity index (χ2v) is 6.67. The minimum absolute atomic E-state index is 0.0415. The van der Waals surface area contributed by atoms with Gasteiger partial charge in [0.2, 0.25) is 5.91 Å². The molecule has 0 spiro atoms. The third kappa shape index (κ3) is 5.81. The first-order valence-corrected chi connectivity index (χ1v) is 9.20. The molecule has 0 aliphatic heterocycles. The summed E-state index contributed by atoms with van der Waals surface area (Å²) in [6.07, 6.45) is 2.16. The number of amides is 2. The number of hydrogen-bond acceptors (Lipinski definition) is 3. The van der Waals surface area contributed by atoms with Crippen LogP contribution in [0.4, 0.5) is 0 Å². The number of aryl methyl sites for hydroxylation is 1. The quantitative estimate of drug-likeness (QED) is 0.770. The van der Waals surface area contributed by atoms with Crippen LogP contribution in [0.2, 0.25) is 0 Å². The maximum atomic E-state index is 12.0. The van der Waals surface area contributed by atoms with Crippen LogP contribution in [0.1, 0.15) is 48.2 Å². The Balaban J connectivity index is 1.76. The zero-order valence-electron chi connectivity index (χ0n) is 14.2. The molecule has 1 aromatic heterocycles. The molecule has 5 heteroatoms. The third-order valence-corrected chi connectivity index (χ3v) is 4.65. The Morgan fingerprint density at radius 2 is 1.88 bits per heavy atom. The van der Waals surface area contributed by atoms with E-state index in [2.05, 4.69) is 16.0 Å². The van der Waals surface area contributed by atoms with Crippen LogP contribution in [-0.2, 0) is 17.8 Å². The van der Waals surface area contributed by atoms with E-state index in [4.69, 9.17) is 0 Å². The predicted octanol–water partition coefficient (Wildman–Crippen LogP) is 3.53. The second-order valence-electron chi connectivity index (χ2n) is 5.89. The Hall–Kier alpha value is -2.14. The summed E-state index contributed by atoms with van der Waals surface area (Å²) in [6.45, 7) is 4.50. The van der Waals surface area contributed by atoms with Crippen LogP contribution in [0.25, 0.3) is 0 Å². The number of thiophene rings is 1. The lowest BCUT2D eigenvalue weighted by Gasteiger charge is -2.11. The molecule has 24 heavy (non-hydrogen) atoms. The number of hydrogen-bond donors (Lipinski definition) is 2. The molecule has 0 saturated heterocycles. The molecule has 1 heterocycles. The largest absolute Gasteiger partial charge is 0.352 e. The molecule has 0 fully saturated rings. The van der Waals surface area contributed by atoms with Crippen molar-refractivity contribution in [3.05, 3.63) is 57.8 Å². The molecule has 1 atom stereocenters. The summed E-state index contributed by atoms with van der Waals surface area (Å²) in [7, 11) is 0. The number of benzene rings is 1. The molecule has 0 aliphatic carbocycles. The van der Waals surface area contributed by atoms with Crippen LogP contribution in [0.15, 0.2) is 41.1 Å². The predicted molar refractivity (Wildman–Crippen MR) is 98.1 cm³/mol. The molecule has 128 valence electrons. The van der Waals surface area contributed by atoms with Crippen molar-refractivity contribution in [2.75, 3.05) is 0 Å². The summed E-state index contributed by atoms with van der Waals surface area (Å²) < 4.78 is 0. The van der Waals surface area contributed by atoms with Gasteiger partial charge in [-0.15, -0.1) is 0 Å². The molecule has 0 aliphatic rings. The minimum atomic E-state index is -0.0595. The highest BCUT2D eigenvalue weighted by atomic mass is 32.1. The fraction of sp³-hybridized carbons (Fsp3) is 0.368. The first-order valence-electron chi connectivity index (χ1n) is 8.26. The molecular weight excluding hydrogens is 320 g/mol. The molecule has 0 saturated carbocycles. The molecule has 2 amide bonds. The van der Waals surface area contributed by atoms with Crippen molar-refractivity contribution in [2.24, 2.45) is 0 Å². The van der Waals surface area contributed by atoms with E-state index in [0.29, 0.717) is 18.5 Å². The van der Waals surface area contributed by atoms with Crippen LogP contribution in [0.5, 0.6) is 0 Å².